The van der Waals surface area contributed by atoms with Gasteiger partial charge in [0.1, 0.15) is 11.6 Å². The molecular formula is C20H16FN2OPS. The first-order valence-electron chi connectivity index (χ1n) is 8.17. The van der Waals surface area contributed by atoms with Gasteiger partial charge in [0.05, 0.1) is 5.69 Å². The molecule has 0 amide bonds. The summed E-state index contributed by atoms with van der Waals surface area (Å²) in [5, 5.41) is 4.30. The van der Waals surface area contributed by atoms with Crippen molar-refractivity contribution in [3.63, 3.8) is 0 Å². The molecule has 1 fully saturated rings. The fraction of sp³-hybridized carbons (Fsp3) is 0.0500. The minimum absolute atomic E-state index is 0.330. The fourth-order valence-electron chi connectivity index (χ4n) is 3.21. The first kappa shape index (κ1) is 17.0. The predicted octanol–water partition coefficient (Wildman–Crippen LogP) is 4.82. The quantitative estimate of drug-likeness (QED) is 0.520. The van der Waals surface area contributed by atoms with E-state index in [-0.39, 0.29) is 5.82 Å². The van der Waals surface area contributed by atoms with Crippen molar-refractivity contribution in [2.24, 2.45) is 0 Å². The van der Waals surface area contributed by atoms with Gasteiger partial charge in [0.15, 0.2) is 5.11 Å². The normalized spacial score (nSPS) is 22.3. The van der Waals surface area contributed by atoms with Crippen molar-refractivity contribution in [3.05, 3.63) is 96.3 Å². The van der Waals surface area contributed by atoms with Gasteiger partial charge in [-0.2, -0.15) is 0 Å². The fourth-order valence-corrected chi connectivity index (χ4v) is 6.92. The summed E-state index contributed by atoms with van der Waals surface area (Å²) in [6.07, 6.45) is 0. The molecule has 0 unspecified atom stereocenters. The van der Waals surface area contributed by atoms with Crippen LogP contribution in [0.5, 0.6) is 0 Å². The molecule has 1 aliphatic rings. The minimum atomic E-state index is -3.20. The Balaban J connectivity index is 1.91. The average molecular weight is 382 g/mol. The van der Waals surface area contributed by atoms with Crippen LogP contribution in [0.2, 0.25) is 0 Å². The van der Waals surface area contributed by atoms with Crippen molar-refractivity contribution in [2.45, 2.75) is 5.78 Å². The van der Waals surface area contributed by atoms with E-state index in [0.717, 1.165) is 11.3 Å². The lowest BCUT2D eigenvalue weighted by atomic mass is 10.2. The average Bonchev–Trinajstić information content (AvgIpc) is 2.95. The van der Waals surface area contributed by atoms with Crippen LogP contribution in [0.3, 0.4) is 0 Å². The highest BCUT2D eigenvalue weighted by molar-refractivity contribution is 7.84. The second-order valence-electron chi connectivity index (χ2n) is 6.01. The highest BCUT2D eigenvalue weighted by Crippen LogP contribution is 2.64. The van der Waals surface area contributed by atoms with Gasteiger partial charge in [-0.1, -0.05) is 48.5 Å². The van der Waals surface area contributed by atoms with Crippen LogP contribution >= 0.6 is 19.5 Å². The lowest BCUT2D eigenvalue weighted by molar-refractivity contribution is 0.574. The van der Waals surface area contributed by atoms with E-state index in [0.29, 0.717) is 10.4 Å². The van der Waals surface area contributed by atoms with E-state index in [4.69, 9.17) is 12.2 Å². The molecule has 3 aromatic carbocycles. The third kappa shape index (κ3) is 2.74. The van der Waals surface area contributed by atoms with Crippen LogP contribution < -0.4 is 15.3 Å². The van der Waals surface area contributed by atoms with E-state index in [9.17, 15) is 8.96 Å². The highest BCUT2D eigenvalue weighted by atomic mass is 32.1. The molecule has 1 aliphatic heterocycles. The van der Waals surface area contributed by atoms with Crippen LogP contribution in [0, 0.1) is 5.82 Å². The SMILES string of the molecule is O=[P@]1(c2ccccc2)[C@H](c2ccc(F)cc2)NC(=S)N1c1ccccc1. The van der Waals surface area contributed by atoms with Crippen LogP contribution in [-0.2, 0) is 4.57 Å². The molecule has 6 heteroatoms. The predicted molar refractivity (Wildman–Crippen MR) is 107 cm³/mol. The molecule has 0 saturated carbocycles. The summed E-state index contributed by atoms with van der Waals surface area (Å²) in [5.74, 6) is -0.873. The van der Waals surface area contributed by atoms with Gasteiger partial charge in [-0.3, -0.25) is 9.24 Å². The maximum Gasteiger partial charge on any atom is 0.232 e. The summed E-state index contributed by atoms with van der Waals surface area (Å²) in [5.41, 5.74) is 1.50. The number of nitrogens with one attached hydrogen (secondary N) is 1. The monoisotopic (exact) mass is 382 g/mol. The number of benzene rings is 3. The Morgan fingerprint density at radius 1 is 0.885 bits per heavy atom. The second kappa shape index (κ2) is 6.67. The standard InChI is InChI=1S/C20H16FN2OPS/c21-16-13-11-15(12-14-16)19-22-20(26)23(17-7-3-1-4-8-17)25(19,24)18-9-5-2-6-10-18/h1-14,19H,(H,22,26)/t19-,25-/m1/s1. The number of thiocarbonyl (C=S) groups is 1. The Hall–Kier alpha value is -2.49. The van der Waals surface area contributed by atoms with Crippen molar-refractivity contribution in [1.29, 1.82) is 0 Å². The number of hydrogen-bond donors (Lipinski definition) is 1. The maximum atomic E-state index is 14.5. The lowest BCUT2D eigenvalue weighted by Gasteiger charge is -2.28. The van der Waals surface area contributed by atoms with E-state index in [1.54, 1.807) is 16.8 Å². The summed E-state index contributed by atoms with van der Waals surface area (Å²) in [4.78, 5) is 0. The van der Waals surface area contributed by atoms with Crippen LogP contribution in [0.25, 0.3) is 0 Å². The third-order valence-corrected chi connectivity index (χ3v) is 8.04. The van der Waals surface area contributed by atoms with Gasteiger partial charge in [0.2, 0.25) is 7.29 Å². The van der Waals surface area contributed by atoms with Gasteiger partial charge in [-0.05, 0) is 54.2 Å². The van der Waals surface area contributed by atoms with Crippen molar-refractivity contribution in [2.75, 3.05) is 4.67 Å². The van der Waals surface area contributed by atoms with Gasteiger partial charge in [0, 0.05) is 5.30 Å². The van der Waals surface area contributed by atoms with Gasteiger partial charge >= 0.3 is 0 Å². The largest absolute Gasteiger partial charge is 0.346 e. The van der Waals surface area contributed by atoms with Crippen LogP contribution in [0.15, 0.2) is 84.9 Å². The number of halogens is 1. The van der Waals surface area contributed by atoms with Gasteiger partial charge in [0.25, 0.3) is 0 Å². The summed E-state index contributed by atoms with van der Waals surface area (Å²) >= 11 is 5.54. The molecule has 26 heavy (non-hydrogen) atoms. The molecule has 1 saturated heterocycles. The molecule has 0 bridgehead atoms. The van der Waals surface area contributed by atoms with Crippen molar-refractivity contribution >= 4 is 35.6 Å². The molecular weight excluding hydrogens is 366 g/mol. The van der Waals surface area contributed by atoms with Crippen LogP contribution in [0.1, 0.15) is 11.3 Å². The second-order valence-corrected chi connectivity index (χ2v) is 9.07. The molecule has 2 atom stereocenters. The number of para-hydroxylation sites is 1. The van der Waals surface area contributed by atoms with Crippen molar-refractivity contribution in [1.82, 2.24) is 5.32 Å². The summed E-state index contributed by atoms with van der Waals surface area (Å²) < 4.78 is 29.6. The molecule has 3 aromatic rings. The van der Waals surface area contributed by atoms with E-state index in [2.05, 4.69) is 5.32 Å². The van der Waals surface area contributed by atoms with Crippen molar-refractivity contribution in [3.8, 4) is 0 Å². The van der Waals surface area contributed by atoms with Crippen LogP contribution in [-0.4, -0.2) is 5.11 Å². The Bertz CT molecular complexity index is 980. The van der Waals surface area contributed by atoms with Gasteiger partial charge in [-0.15, -0.1) is 0 Å². The molecule has 0 aliphatic carbocycles. The highest BCUT2D eigenvalue weighted by Gasteiger charge is 2.49. The first-order chi connectivity index (χ1) is 12.6. The minimum Gasteiger partial charge on any atom is -0.346 e. The molecule has 130 valence electrons. The topological polar surface area (TPSA) is 32.3 Å². The maximum absolute atomic E-state index is 14.5. The first-order valence-corrected chi connectivity index (χ1v) is 10.3. The van der Waals surface area contributed by atoms with E-state index < -0.39 is 13.1 Å². The number of rotatable bonds is 3. The number of anilines is 1. The zero-order valence-corrected chi connectivity index (χ0v) is 15.5. The Labute approximate surface area is 156 Å². The molecule has 0 aromatic heterocycles. The van der Waals surface area contributed by atoms with E-state index >= 15 is 0 Å². The van der Waals surface area contributed by atoms with E-state index in [1.807, 2.05) is 60.7 Å². The van der Waals surface area contributed by atoms with Gasteiger partial charge < -0.3 is 5.32 Å². The zero-order chi connectivity index (χ0) is 18.1. The lowest BCUT2D eigenvalue weighted by Crippen LogP contribution is -2.27. The summed E-state index contributed by atoms with van der Waals surface area (Å²) in [6, 6.07) is 24.8. The zero-order valence-electron chi connectivity index (χ0n) is 13.7. The van der Waals surface area contributed by atoms with E-state index in [1.165, 1.54) is 12.1 Å². The molecule has 0 radical (unpaired) electrons. The molecule has 1 heterocycles. The summed E-state index contributed by atoms with van der Waals surface area (Å²) in [7, 11) is -3.20. The Morgan fingerprint density at radius 3 is 2.08 bits per heavy atom. The van der Waals surface area contributed by atoms with Crippen molar-refractivity contribution < 1.29 is 8.96 Å². The molecule has 3 nitrogen and oxygen atoms in total. The van der Waals surface area contributed by atoms with Gasteiger partial charge in [-0.25, -0.2) is 4.39 Å². The molecule has 4 rings (SSSR count). The molecule has 1 N–H and O–H groups in total. The summed E-state index contributed by atoms with van der Waals surface area (Å²) in [6.45, 7) is 0. The van der Waals surface area contributed by atoms with Crippen LogP contribution in [0.4, 0.5) is 10.1 Å². The smallest absolute Gasteiger partial charge is 0.232 e. The third-order valence-electron chi connectivity index (χ3n) is 4.41. The molecule has 0 spiro atoms. The number of hydrogen-bond acceptors (Lipinski definition) is 2. The Kier molecular flexibility index (Phi) is 4.35. The number of nitrogens with zero attached hydrogens (tertiary/aromatic N) is 1. The Morgan fingerprint density at radius 2 is 1.46 bits per heavy atom.